The topological polar surface area (TPSA) is 26.3 Å². The number of hydrogen-bond donors (Lipinski definition) is 1. The highest BCUT2D eigenvalue weighted by Gasteiger charge is 1.97. The molecular formula is C10H12O2S. The van der Waals surface area contributed by atoms with E-state index >= 15 is 0 Å². The van der Waals surface area contributed by atoms with Crippen LogP contribution in [-0.2, 0) is 11.2 Å². The molecule has 1 aromatic carbocycles. The molecule has 70 valence electrons. The van der Waals surface area contributed by atoms with Gasteiger partial charge < -0.3 is 4.74 Å². The third-order valence-electron chi connectivity index (χ3n) is 1.79. The highest BCUT2D eigenvalue weighted by Crippen LogP contribution is 2.12. The molecule has 0 saturated carbocycles. The number of ether oxygens (including phenoxy) is 1. The van der Waals surface area contributed by atoms with Gasteiger partial charge in [0.2, 0.25) is 0 Å². The van der Waals surface area contributed by atoms with Crippen molar-refractivity contribution in [3.05, 3.63) is 29.8 Å². The van der Waals surface area contributed by atoms with E-state index < -0.39 is 0 Å². The summed E-state index contributed by atoms with van der Waals surface area (Å²) in [6, 6.07) is 7.68. The molecule has 0 aliphatic carbocycles. The van der Waals surface area contributed by atoms with Crippen LogP contribution >= 0.6 is 12.6 Å². The van der Waals surface area contributed by atoms with Crippen LogP contribution in [0.2, 0.25) is 0 Å². The molecule has 0 N–H and O–H groups in total. The third kappa shape index (κ3) is 3.51. The maximum Gasteiger partial charge on any atom is 0.186 e. The summed E-state index contributed by atoms with van der Waals surface area (Å²) in [4.78, 5) is 10.6. The van der Waals surface area contributed by atoms with Gasteiger partial charge in [0.25, 0.3) is 0 Å². The molecule has 1 aromatic rings. The maximum absolute atomic E-state index is 10.6. The van der Waals surface area contributed by atoms with Gasteiger partial charge in [0.05, 0.1) is 7.11 Å². The SMILES string of the molecule is COc1ccc(CCC(=O)S)cc1. The van der Waals surface area contributed by atoms with Crippen LogP contribution in [-0.4, -0.2) is 12.2 Å². The number of benzene rings is 1. The smallest absolute Gasteiger partial charge is 0.186 e. The van der Waals surface area contributed by atoms with Crippen molar-refractivity contribution in [2.45, 2.75) is 12.8 Å². The Morgan fingerprint density at radius 1 is 1.38 bits per heavy atom. The van der Waals surface area contributed by atoms with Gasteiger partial charge in [-0.1, -0.05) is 12.1 Å². The Morgan fingerprint density at radius 3 is 2.46 bits per heavy atom. The average molecular weight is 196 g/mol. The molecule has 0 aliphatic heterocycles. The zero-order valence-electron chi connectivity index (χ0n) is 7.49. The summed E-state index contributed by atoms with van der Waals surface area (Å²) < 4.78 is 5.01. The van der Waals surface area contributed by atoms with Crippen LogP contribution in [0.1, 0.15) is 12.0 Å². The van der Waals surface area contributed by atoms with Crippen LogP contribution < -0.4 is 4.74 Å². The van der Waals surface area contributed by atoms with Gasteiger partial charge in [0.15, 0.2) is 5.12 Å². The molecule has 0 radical (unpaired) electrons. The first-order valence-electron chi connectivity index (χ1n) is 4.07. The molecule has 0 aliphatic rings. The fraction of sp³-hybridized carbons (Fsp3) is 0.300. The van der Waals surface area contributed by atoms with Gasteiger partial charge >= 0.3 is 0 Å². The Kier molecular flexibility index (Phi) is 3.83. The number of carbonyl (C=O) groups excluding carboxylic acids is 1. The summed E-state index contributed by atoms with van der Waals surface area (Å²) in [5.41, 5.74) is 1.13. The zero-order valence-corrected chi connectivity index (χ0v) is 8.38. The quantitative estimate of drug-likeness (QED) is 0.746. The number of aryl methyl sites for hydroxylation is 1. The lowest BCUT2D eigenvalue weighted by molar-refractivity contribution is -0.110. The van der Waals surface area contributed by atoms with E-state index in [4.69, 9.17) is 4.74 Å². The fourth-order valence-electron chi connectivity index (χ4n) is 1.04. The molecule has 0 aromatic heterocycles. The van der Waals surface area contributed by atoms with E-state index in [1.165, 1.54) is 0 Å². The van der Waals surface area contributed by atoms with Crippen LogP contribution in [0.25, 0.3) is 0 Å². The molecule has 2 nitrogen and oxygen atoms in total. The first kappa shape index (κ1) is 10.1. The van der Waals surface area contributed by atoms with E-state index in [0.717, 1.165) is 17.7 Å². The summed E-state index contributed by atoms with van der Waals surface area (Å²) in [5, 5.41) is -0.0733. The van der Waals surface area contributed by atoms with Crippen LogP contribution in [0, 0.1) is 0 Å². The molecule has 0 saturated heterocycles. The Bertz CT molecular complexity index is 279. The molecule has 0 amide bonds. The van der Waals surface area contributed by atoms with Gasteiger partial charge in [0, 0.05) is 6.42 Å². The molecule has 0 atom stereocenters. The lowest BCUT2D eigenvalue weighted by Gasteiger charge is -2.01. The monoisotopic (exact) mass is 196 g/mol. The molecule has 3 heteroatoms. The van der Waals surface area contributed by atoms with Crippen molar-refractivity contribution in [3.63, 3.8) is 0 Å². The van der Waals surface area contributed by atoms with E-state index in [-0.39, 0.29) is 5.12 Å². The number of rotatable bonds is 4. The van der Waals surface area contributed by atoms with Crippen molar-refractivity contribution >= 4 is 17.7 Å². The normalized spacial score (nSPS) is 9.69. The Balaban J connectivity index is 2.54. The van der Waals surface area contributed by atoms with E-state index in [1.807, 2.05) is 24.3 Å². The Labute approximate surface area is 83.3 Å². The Morgan fingerprint density at radius 2 is 2.00 bits per heavy atom. The predicted molar refractivity (Wildman–Crippen MR) is 55.3 cm³/mol. The summed E-state index contributed by atoms with van der Waals surface area (Å²) in [7, 11) is 1.63. The van der Waals surface area contributed by atoms with Gasteiger partial charge in [-0.05, 0) is 24.1 Å². The zero-order chi connectivity index (χ0) is 9.68. The maximum atomic E-state index is 10.6. The third-order valence-corrected chi connectivity index (χ3v) is 2.01. The van der Waals surface area contributed by atoms with Gasteiger partial charge in [0.1, 0.15) is 5.75 Å². The van der Waals surface area contributed by atoms with E-state index in [1.54, 1.807) is 7.11 Å². The fourth-order valence-corrected chi connectivity index (χ4v) is 1.16. The van der Waals surface area contributed by atoms with Crippen molar-refractivity contribution in [2.24, 2.45) is 0 Å². The summed E-state index contributed by atoms with van der Waals surface area (Å²) >= 11 is 3.70. The predicted octanol–water partition coefficient (Wildman–Crippen LogP) is 2.08. The van der Waals surface area contributed by atoms with E-state index in [0.29, 0.717) is 6.42 Å². The number of thiol groups is 1. The standard InChI is InChI=1S/C10H12O2S/c1-12-9-5-2-8(3-6-9)4-7-10(11)13/h2-3,5-6H,4,7H2,1H3,(H,11,13). The minimum atomic E-state index is -0.0733. The minimum Gasteiger partial charge on any atom is -0.497 e. The minimum absolute atomic E-state index is 0.0733. The molecule has 0 unspecified atom stereocenters. The Hall–Kier alpha value is -0.960. The summed E-state index contributed by atoms with van der Waals surface area (Å²) in [5.74, 6) is 0.834. The largest absolute Gasteiger partial charge is 0.497 e. The molecule has 0 fully saturated rings. The lowest BCUT2D eigenvalue weighted by atomic mass is 10.1. The average Bonchev–Trinajstić information content (AvgIpc) is 2.15. The second-order valence-electron chi connectivity index (χ2n) is 2.74. The molecular weight excluding hydrogens is 184 g/mol. The van der Waals surface area contributed by atoms with Crippen molar-refractivity contribution in [1.82, 2.24) is 0 Å². The number of methoxy groups -OCH3 is 1. The van der Waals surface area contributed by atoms with Crippen molar-refractivity contribution in [1.29, 1.82) is 0 Å². The number of hydrogen-bond acceptors (Lipinski definition) is 2. The van der Waals surface area contributed by atoms with Gasteiger partial charge in [-0.3, -0.25) is 4.79 Å². The van der Waals surface area contributed by atoms with E-state index in [2.05, 4.69) is 12.6 Å². The van der Waals surface area contributed by atoms with Crippen LogP contribution in [0.15, 0.2) is 24.3 Å². The second kappa shape index (κ2) is 4.92. The molecule has 1 rings (SSSR count). The highest BCUT2D eigenvalue weighted by atomic mass is 32.1. The van der Waals surface area contributed by atoms with Crippen LogP contribution in [0.4, 0.5) is 0 Å². The van der Waals surface area contributed by atoms with Crippen molar-refractivity contribution in [2.75, 3.05) is 7.11 Å². The highest BCUT2D eigenvalue weighted by molar-refractivity contribution is 7.96. The summed E-state index contributed by atoms with van der Waals surface area (Å²) in [6.07, 6.45) is 1.22. The van der Waals surface area contributed by atoms with Crippen LogP contribution in [0.3, 0.4) is 0 Å². The lowest BCUT2D eigenvalue weighted by Crippen LogP contribution is -1.91. The van der Waals surface area contributed by atoms with Crippen molar-refractivity contribution in [3.8, 4) is 5.75 Å². The van der Waals surface area contributed by atoms with Gasteiger partial charge in [-0.25, -0.2) is 0 Å². The molecule has 13 heavy (non-hydrogen) atoms. The first-order chi connectivity index (χ1) is 6.22. The summed E-state index contributed by atoms with van der Waals surface area (Å²) in [6.45, 7) is 0. The molecule has 0 heterocycles. The molecule has 0 bridgehead atoms. The van der Waals surface area contributed by atoms with E-state index in [9.17, 15) is 4.79 Å². The van der Waals surface area contributed by atoms with Crippen molar-refractivity contribution < 1.29 is 9.53 Å². The van der Waals surface area contributed by atoms with Gasteiger partial charge in [-0.2, -0.15) is 0 Å². The second-order valence-corrected chi connectivity index (χ2v) is 3.24. The molecule has 0 spiro atoms. The number of carbonyl (C=O) groups is 1. The van der Waals surface area contributed by atoms with Gasteiger partial charge in [-0.15, -0.1) is 12.6 Å². The van der Waals surface area contributed by atoms with Crippen LogP contribution in [0.5, 0.6) is 5.75 Å². The first-order valence-corrected chi connectivity index (χ1v) is 4.52.